The molecule has 1 radical (unpaired) electrons. The second kappa shape index (κ2) is 4.34. The van der Waals surface area contributed by atoms with Crippen LogP contribution in [0.2, 0.25) is 11.1 Å². The lowest BCUT2D eigenvalue weighted by Crippen LogP contribution is -2.23. The highest BCUT2D eigenvalue weighted by molar-refractivity contribution is 6.69. The van der Waals surface area contributed by atoms with Crippen molar-refractivity contribution in [2.45, 2.75) is 38.8 Å². The third-order valence-electron chi connectivity index (χ3n) is 1.64. The van der Waals surface area contributed by atoms with E-state index in [0.29, 0.717) is 0 Å². The Morgan fingerprint density at radius 1 is 1.11 bits per heavy atom. The lowest BCUT2D eigenvalue weighted by atomic mass is 10.5. The molecule has 0 spiro atoms. The monoisotopic (exact) mass is 163 g/mol. The minimum Gasteiger partial charge on any atom is -0.130 e. The van der Waals surface area contributed by atoms with Crippen molar-refractivity contribution in [2.24, 2.45) is 0 Å². The molecule has 0 aliphatic rings. The van der Waals surface area contributed by atoms with E-state index in [1.807, 2.05) is 0 Å². The van der Waals surface area contributed by atoms with Gasteiger partial charge in [0.2, 0.25) is 0 Å². The van der Waals surface area contributed by atoms with Crippen molar-refractivity contribution in [3.8, 4) is 0 Å². The second-order valence-corrected chi connectivity index (χ2v) is 7.55. The Bertz CT molecular complexity index is 63.3. The Kier molecular flexibility index (Phi) is 4.59. The molecule has 9 heavy (non-hydrogen) atoms. The molecule has 0 unspecified atom stereocenters. The predicted molar refractivity (Wildman–Crippen MR) is 46.7 cm³/mol. The van der Waals surface area contributed by atoms with Crippen LogP contribution in [0.1, 0.15) is 27.7 Å². The highest BCUT2D eigenvalue weighted by Crippen LogP contribution is 2.20. The van der Waals surface area contributed by atoms with E-state index in [1.54, 1.807) is 0 Å². The average Bonchev–Trinajstić information content (AvgIpc) is 1.64. The van der Waals surface area contributed by atoms with Gasteiger partial charge in [0.15, 0.2) is 0 Å². The maximum Gasteiger partial charge on any atom is 0.0713 e. The molecule has 0 aromatic heterocycles. The Balaban J connectivity index is 3.68. The minimum atomic E-state index is -0.253. The normalized spacial score (nSPS) is 12.0. The van der Waals surface area contributed by atoms with E-state index < -0.39 is 0 Å². The molecule has 0 saturated heterocycles. The summed E-state index contributed by atoms with van der Waals surface area (Å²) in [5.74, 6) is 0. The van der Waals surface area contributed by atoms with Gasteiger partial charge in [-0.1, -0.05) is 38.8 Å². The van der Waals surface area contributed by atoms with E-state index in [0.717, 1.165) is 16.6 Å². The first-order valence-electron chi connectivity index (χ1n) is 3.51. The van der Waals surface area contributed by atoms with E-state index in [2.05, 4.69) is 27.7 Å². The Labute approximate surface area is 65.2 Å². The average molecular weight is 164 g/mol. The number of halogens is 1. The van der Waals surface area contributed by atoms with Crippen LogP contribution in [-0.4, -0.2) is 14.3 Å². The van der Waals surface area contributed by atoms with Crippen molar-refractivity contribution >= 4 is 20.4 Å². The molecule has 55 valence electrons. The molecular formula is C7H16ClSi. The second-order valence-electron chi connectivity index (χ2n) is 3.02. The minimum absolute atomic E-state index is 0.253. The zero-order valence-corrected chi connectivity index (χ0v) is 8.50. The molecule has 0 nitrogen and oxygen atoms in total. The first kappa shape index (κ1) is 9.51. The molecule has 0 heterocycles. The zero-order chi connectivity index (χ0) is 7.44. The standard InChI is InChI=1S/C7H16ClSi/c1-6(2)9(5-8)7(3)4/h6-7H,5H2,1-4H3. The summed E-state index contributed by atoms with van der Waals surface area (Å²) in [7, 11) is -0.253. The fourth-order valence-corrected chi connectivity index (χ4v) is 4.78. The van der Waals surface area contributed by atoms with Gasteiger partial charge in [-0.05, 0) is 0 Å². The Morgan fingerprint density at radius 2 is 1.44 bits per heavy atom. The maximum absolute atomic E-state index is 5.80. The fraction of sp³-hybridized carbons (Fsp3) is 1.00. The van der Waals surface area contributed by atoms with Crippen LogP contribution in [0, 0.1) is 0 Å². The number of hydrogen-bond acceptors (Lipinski definition) is 0. The van der Waals surface area contributed by atoms with Crippen LogP contribution >= 0.6 is 11.6 Å². The highest BCUT2D eigenvalue weighted by atomic mass is 35.5. The molecule has 0 saturated carbocycles. The van der Waals surface area contributed by atoms with Crippen molar-refractivity contribution in [2.75, 3.05) is 5.50 Å². The van der Waals surface area contributed by atoms with Crippen LogP contribution in [-0.2, 0) is 0 Å². The van der Waals surface area contributed by atoms with Crippen molar-refractivity contribution < 1.29 is 0 Å². The third-order valence-corrected chi connectivity index (χ3v) is 5.84. The molecule has 0 amide bonds. The molecule has 0 fully saturated rings. The Hall–Kier alpha value is 0.507. The lowest BCUT2D eigenvalue weighted by molar-refractivity contribution is 0.939. The predicted octanol–water partition coefficient (Wildman–Crippen LogP) is 3.08. The lowest BCUT2D eigenvalue weighted by Gasteiger charge is -2.19. The summed E-state index contributed by atoms with van der Waals surface area (Å²) in [5, 5.41) is 0. The van der Waals surface area contributed by atoms with E-state index in [1.165, 1.54) is 0 Å². The summed E-state index contributed by atoms with van der Waals surface area (Å²) < 4.78 is 0. The molecule has 2 heteroatoms. The van der Waals surface area contributed by atoms with Gasteiger partial charge in [0.25, 0.3) is 0 Å². The molecule has 0 bridgehead atoms. The maximum atomic E-state index is 5.80. The molecule has 0 rings (SSSR count). The highest BCUT2D eigenvalue weighted by Gasteiger charge is 2.17. The first-order valence-corrected chi connectivity index (χ1v) is 5.90. The van der Waals surface area contributed by atoms with Crippen LogP contribution in [0.15, 0.2) is 0 Å². The summed E-state index contributed by atoms with van der Waals surface area (Å²) in [6.45, 7) is 9.10. The van der Waals surface area contributed by atoms with Crippen molar-refractivity contribution in [3.63, 3.8) is 0 Å². The van der Waals surface area contributed by atoms with Gasteiger partial charge in [-0.2, -0.15) is 0 Å². The largest absolute Gasteiger partial charge is 0.130 e. The number of alkyl halides is 1. The molecule has 0 atom stereocenters. The third kappa shape index (κ3) is 3.26. The Morgan fingerprint density at radius 3 is 1.44 bits per heavy atom. The molecule has 0 N–H and O–H groups in total. The van der Waals surface area contributed by atoms with Gasteiger partial charge in [-0.3, -0.25) is 0 Å². The fourth-order valence-electron chi connectivity index (χ4n) is 0.975. The van der Waals surface area contributed by atoms with E-state index in [4.69, 9.17) is 11.6 Å². The van der Waals surface area contributed by atoms with Crippen LogP contribution < -0.4 is 0 Å². The van der Waals surface area contributed by atoms with Crippen LogP contribution in [0.3, 0.4) is 0 Å². The summed E-state index contributed by atoms with van der Waals surface area (Å²) in [6, 6.07) is 0. The topological polar surface area (TPSA) is 0 Å². The van der Waals surface area contributed by atoms with Crippen LogP contribution in [0.4, 0.5) is 0 Å². The molecule has 0 aliphatic carbocycles. The van der Waals surface area contributed by atoms with Crippen molar-refractivity contribution in [1.29, 1.82) is 0 Å². The molecule has 0 aromatic carbocycles. The van der Waals surface area contributed by atoms with Gasteiger partial charge in [-0.15, -0.1) is 11.6 Å². The summed E-state index contributed by atoms with van der Waals surface area (Å²) >= 11 is 5.80. The number of hydrogen-bond donors (Lipinski definition) is 0. The smallest absolute Gasteiger partial charge is 0.0713 e. The zero-order valence-electron chi connectivity index (χ0n) is 6.74. The van der Waals surface area contributed by atoms with Crippen LogP contribution in [0.25, 0.3) is 0 Å². The molecule has 0 aliphatic heterocycles. The molecular weight excluding hydrogens is 148 g/mol. The summed E-state index contributed by atoms with van der Waals surface area (Å²) in [4.78, 5) is 0. The van der Waals surface area contributed by atoms with Gasteiger partial charge in [-0.25, -0.2) is 0 Å². The SMILES string of the molecule is CC(C)[Si](CCl)C(C)C. The van der Waals surface area contributed by atoms with E-state index >= 15 is 0 Å². The van der Waals surface area contributed by atoms with Crippen molar-refractivity contribution in [3.05, 3.63) is 0 Å². The van der Waals surface area contributed by atoms with Gasteiger partial charge in [0.1, 0.15) is 0 Å². The van der Waals surface area contributed by atoms with Gasteiger partial charge >= 0.3 is 0 Å². The van der Waals surface area contributed by atoms with Gasteiger partial charge in [0.05, 0.1) is 8.80 Å². The quantitative estimate of drug-likeness (QED) is 0.443. The van der Waals surface area contributed by atoms with Crippen LogP contribution in [0.5, 0.6) is 0 Å². The number of rotatable bonds is 3. The van der Waals surface area contributed by atoms with E-state index in [9.17, 15) is 0 Å². The first-order chi connectivity index (χ1) is 4.09. The molecule has 0 aromatic rings. The summed E-state index contributed by atoms with van der Waals surface area (Å²) in [6.07, 6.45) is 0. The van der Waals surface area contributed by atoms with Crippen molar-refractivity contribution in [1.82, 2.24) is 0 Å². The summed E-state index contributed by atoms with van der Waals surface area (Å²) in [5.41, 5.74) is 2.56. The van der Waals surface area contributed by atoms with Gasteiger partial charge in [0, 0.05) is 5.50 Å². The van der Waals surface area contributed by atoms with E-state index in [-0.39, 0.29) is 8.80 Å². The van der Waals surface area contributed by atoms with Gasteiger partial charge < -0.3 is 0 Å².